The van der Waals surface area contributed by atoms with E-state index >= 15 is 0 Å². The molecule has 0 fully saturated rings. The van der Waals surface area contributed by atoms with Crippen molar-refractivity contribution in [1.29, 1.82) is 0 Å². The average molecular weight is 250 g/mol. The van der Waals surface area contributed by atoms with Gasteiger partial charge in [-0.25, -0.2) is 0 Å². The van der Waals surface area contributed by atoms with Crippen LogP contribution in [0, 0.1) is 0 Å². The van der Waals surface area contributed by atoms with Crippen molar-refractivity contribution in [3.63, 3.8) is 0 Å². The Morgan fingerprint density at radius 2 is 2.41 bits per heavy atom. The first-order chi connectivity index (χ1) is 8.29. The summed E-state index contributed by atoms with van der Waals surface area (Å²) in [6.45, 7) is 0. The number of nitrogens with zero attached hydrogens (tertiary/aromatic N) is 3. The van der Waals surface area contributed by atoms with Crippen LogP contribution in [0.4, 0.5) is 0 Å². The summed E-state index contributed by atoms with van der Waals surface area (Å²) in [6.07, 6.45) is 3.31. The highest BCUT2D eigenvalue weighted by atomic mass is 32.2. The highest BCUT2D eigenvalue weighted by Gasteiger charge is 2.10. The molecule has 2 aromatic heterocycles. The van der Waals surface area contributed by atoms with E-state index in [0.717, 1.165) is 5.56 Å². The summed E-state index contributed by atoms with van der Waals surface area (Å²) in [5, 5.41) is 10.6. The summed E-state index contributed by atoms with van der Waals surface area (Å²) in [6, 6.07) is 3.62. The number of carbonyl (C=O) groups is 1. The fourth-order valence-corrected chi connectivity index (χ4v) is 1.71. The zero-order chi connectivity index (χ0) is 12.1. The fourth-order valence-electron chi connectivity index (χ4n) is 1.07. The summed E-state index contributed by atoms with van der Waals surface area (Å²) < 4.78 is 5.39. The lowest BCUT2D eigenvalue weighted by Crippen LogP contribution is -2.19. The Labute approximate surface area is 102 Å². The third kappa shape index (κ3) is 3.04. The van der Waals surface area contributed by atoms with E-state index in [1.807, 2.05) is 6.07 Å². The highest BCUT2D eigenvalue weighted by Crippen LogP contribution is 2.21. The molecule has 0 aromatic carbocycles. The van der Waals surface area contributed by atoms with Gasteiger partial charge >= 0.3 is 0 Å². The third-order valence-electron chi connectivity index (χ3n) is 1.92. The molecule has 6 nitrogen and oxygen atoms in total. The maximum atomic E-state index is 11.0. The molecule has 88 valence electrons. The Hall–Kier alpha value is -1.89. The number of nitrogens with one attached hydrogen (secondary N) is 1. The van der Waals surface area contributed by atoms with Gasteiger partial charge in [0.1, 0.15) is 0 Å². The Bertz CT molecular complexity index is 500. The molecule has 0 aliphatic carbocycles. The molecule has 0 aliphatic heterocycles. The summed E-state index contributed by atoms with van der Waals surface area (Å²) >= 11 is 1.20. The lowest BCUT2D eigenvalue weighted by atomic mass is 10.3. The minimum atomic E-state index is -0.0869. The molecule has 2 heterocycles. The number of aromatic nitrogens is 3. The van der Waals surface area contributed by atoms with Crippen LogP contribution in [0.2, 0.25) is 0 Å². The summed E-state index contributed by atoms with van der Waals surface area (Å²) in [5.41, 5.74) is 0.756. The van der Waals surface area contributed by atoms with Gasteiger partial charge in [-0.05, 0) is 12.1 Å². The van der Waals surface area contributed by atoms with Crippen molar-refractivity contribution in [1.82, 2.24) is 20.5 Å². The van der Waals surface area contributed by atoms with E-state index in [-0.39, 0.29) is 11.7 Å². The third-order valence-corrected chi connectivity index (χ3v) is 2.74. The zero-order valence-electron chi connectivity index (χ0n) is 9.08. The lowest BCUT2D eigenvalue weighted by Gasteiger charge is -1.94. The van der Waals surface area contributed by atoms with Crippen LogP contribution in [-0.4, -0.2) is 33.9 Å². The zero-order valence-corrected chi connectivity index (χ0v) is 9.90. The molecular weight excluding hydrogens is 240 g/mol. The Kier molecular flexibility index (Phi) is 3.71. The molecule has 0 aliphatic rings. The average Bonchev–Trinajstić information content (AvgIpc) is 2.86. The molecule has 7 heteroatoms. The van der Waals surface area contributed by atoms with Crippen molar-refractivity contribution in [2.24, 2.45) is 0 Å². The van der Waals surface area contributed by atoms with Gasteiger partial charge in [0.2, 0.25) is 11.8 Å². The smallest absolute Gasteiger partial charge is 0.277 e. The highest BCUT2D eigenvalue weighted by molar-refractivity contribution is 7.99. The van der Waals surface area contributed by atoms with Gasteiger partial charge in [0.25, 0.3) is 5.22 Å². The lowest BCUT2D eigenvalue weighted by molar-refractivity contribution is -0.118. The molecule has 0 saturated heterocycles. The van der Waals surface area contributed by atoms with Gasteiger partial charge in [0, 0.05) is 19.4 Å². The van der Waals surface area contributed by atoms with E-state index in [1.54, 1.807) is 25.5 Å². The second-order valence-electron chi connectivity index (χ2n) is 3.08. The molecular formula is C10H10N4O2S. The SMILES string of the molecule is CNC(=O)CSc1nnc(-c2cccnc2)o1. The molecule has 1 N–H and O–H groups in total. The predicted octanol–water partition coefficient (Wildman–Crippen LogP) is 0.970. The van der Waals surface area contributed by atoms with Gasteiger partial charge in [-0.3, -0.25) is 9.78 Å². The van der Waals surface area contributed by atoms with E-state index in [4.69, 9.17) is 4.42 Å². The number of hydrogen-bond acceptors (Lipinski definition) is 6. The second kappa shape index (κ2) is 5.44. The van der Waals surface area contributed by atoms with Gasteiger partial charge < -0.3 is 9.73 Å². The van der Waals surface area contributed by atoms with E-state index in [9.17, 15) is 4.79 Å². The van der Waals surface area contributed by atoms with Crippen molar-refractivity contribution in [2.45, 2.75) is 5.22 Å². The van der Waals surface area contributed by atoms with Crippen molar-refractivity contribution in [2.75, 3.05) is 12.8 Å². The van der Waals surface area contributed by atoms with Crippen molar-refractivity contribution >= 4 is 17.7 Å². The maximum absolute atomic E-state index is 11.0. The molecule has 0 atom stereocenters. The van der Waals surface area contributed by atoms with E-state index in [2.05, 4.69) is 20.5 Å². The summed E-state index contributed by atoms with van der Waals surface area (Å²) in [7, 11) is 1.58. The molecule has 0 saturated carbocycles. The van der Waals surface area contributed by atoms with Crippen LogP contribution < -0.4 is 5.32 Å². The quantitative estimate of drug-likeness (QED) is 0.814. The van der Waals surface area contributed by atoms with Gasteiger partial charge in [0.05, 0.1) is 11.3 Å². The standard InChI is InChI=1S/C10H10N4O2S/c1-11-8(15)6-17-10-14-13-9(16-10)7-3-2-4-12-5-7/h2-5H,6H2,1H3,(H,11,15). The number of rotatable bonds is 4. The van der Waals surface area contributed by atoms with Crippen LogP contribution in [0.5, 0.6) is 0 Å². The number of amides is 1. The molecule has 0 bridgehead atoms. The normalized spacial score (nSPS) is 10.2. The van der Waals surface area contributed by atoms with Crippen molar-refractivity contribution in [3.8, 4) is 11.5 Å². The van der Waals surface area contributed by atoms with Crippen LogP contribution in [0.1, 0.15) is 0 Å². The number of hydrogen-bond donors (Lipinski definition) is 1. The minimum Gasteiger partial charge on any atom is -0.411 e. The van der Waals surface area contributed by atoms with Crippen LogP contribution >= 0.6 is 11.8 Å². The molecule has 2 rings (SSSR count). The van der Waals surface area contributed by atoms with E-state index in [0.29, 0.717) is 11.1 Å². The molecule has 0 spiro atoms. The van der Waals surface area contributed by atoms with E-state index in [1.165, 1.54) is 11.8 Å². The minimum absolute atomic E-state index is 0.0869. The first-order valence-electron chi connectivity index (χ1n) is 4.87. The maximum Gasteiger partial charge on any atom is 0.277 e. The van der Waals surface area contributed by atoms with Gasteiger partial charge in [0.15, 0.2) is 0 Å². The Balaban J connectivity index is 2.04. The first-order valence-corrected chi connectivity index (χ1v) is 5.85. The number of carbonyl (C=O) groups excluding carboxylic acids is 1. The van der Waals surface area contributed by atoms with Crippen LogP contribution in [-0.2, 0) is 4.79 Å². The van der Waals surface area contributed by atoms with Gasteiger partial charge in [-0.1, -0.05) is 11.8 Å². The van der Waals surface area contributed by atoms with Crippen LogP contribution in [0.3, 0.4) is 0 Å². The first kappa shape index (κ1) is 11.6. The molecule has 1 amide bonds. The molecule has 17 heavy (non-hydrogen) atoms. The number of pyridine rings is 1. The summed E-state index contributed by atoms with van der Waals surface area (Å²) in [4.78, 5) is 15.0. The van der Waals surface area contributed by atoms with Gasteiger partial charge in [-0.2, -0.15) is 0 Å². The van der Waals surface area contributed by atoms with Crippen molar-refractivity contribution < 1.29 is 9.21 Å². The summed E-state index contributed by atoms with van der Waals surface area (Å²) in [5.74, 6) is 0.569. The monoisotopic (exact) mass is 250 g/mol. The van der Waals surface area contributed by atoms with Crippen LogP contribution in [0.25, 0.3) is 11.5 Å². The van der Waals surface area contributed by atoms with E-state index < -0.39 is 0 Å². The molecule has 2 aromatic rings. The fraction of sp³-hybridized carbons (Fsp3) is 0.200. The number of thioether (sulfide) groups is 1. The molecule has 0 radical (unpaired) electrons. The Morgan fingerprint density at radius 1 is 1.53 bits per heavy atom. The van der Waals surface area contributed by atoms with Crippen LogP contribution in [0.15, 0.2) is 34.2 Å². The second-order valence-corrected chi connectivity index (χ2v) is 4.00. The molecule has 0 unspecified atom stereocenters. The topological polar surface area (TPSA) is 80.9 Å². The van der Waals surface area contributed by atoms with Crippen molar-refractivity contribution in [3.05, 3.63) is 24.5 Å². The van der Waals surface area contributed by atoms with Gasteiger partial charge in [-0.15, -0.1) is 10.2 Å². The predicted molar refractivity (Wildman–Crippen MR) is 62.3 cm³/mol. The largest absolute Gasteiger partial charge is 0.411 e. The Morgan fingerprint density at radius 3 is 3.12 bits per heavy atom.